The minimum atomic E-state index is -4.68. The van der Waals surface area contributed by atoms with Crippen molar-refractivity contribution in [2.45, 2.75) is 55.8 Å². The molecule has 0 N–H and O–H groups in total. The number of halogens is 5. The number of ketones is 1. The number of aromatic nitrogens is 3. The van der Waals surface area contributed by atoms with Crippen LogP contribution in [0.4, 0.5) is 17.6 Å². The van der Waals surface area contributed by atoms with Crippen LogP contribution in [0.25, 0.3) is 11.3 Å². The Kier molecular flexibility index (Phi) is 7.63. The zero-order valence-corrected chi connectivity index (χ0v) is 21.0. The monoisotopic (exact) mass is 556 g/mol. The number of hydrogen-bond acceptors (Lipinski definition) is 6. The van der Waals surface area contributed by atoms with E-state index < -0.39 is 39.9 Å². The van der Waals surface area contributed by atoms with Gasteiger partial charge in [0.05, 0.1) is 16.6 Å². The standard InChI is InChI=1S/C24H21ClF4N4O3S/c1-14-2-8-20(33(14)37(35,36)18-6-4-17(26)5-7-18)21(34)9-3-15-10-19(32-22(25)11-15)16-12-30-23(31-13-16)24(27,28)29/h4-7,10-14,20H,2-3,8-9H2,1H3/t14-,20-/m0/s1. The van der Waals surface area contributed by atoms with Gasteiger partial charge in [-0.05, 0) is 68.1 Å². The van der Waals surface area contributed by atoms with E-state index in [4.69, 9.17) is 11.6 Å². The molecule has 1 fully saturated rings. The highest BCUT2D eigenvalue weighted by atomic mass is 35.5. The first-order chi connectivity index (χ1) is 17.4. The molecule has 3 heterocycles. The molecule has 0 spiro atoms. The molecule has 1 saturated heterocycles. The lowest BCUT2D eigenvalue weighted by Gasteiger charge is -2.27. The Morgan fingerprint density at radius 1 is 1.11 bits per heavy atom. The second kappa shape index (κ2) is 10.4. The summed E-state index contributed by atoms with van der Waals surface area (Å²) in [5.74, 6) is -2.14. The molecule has 1 aliphatic rings. The molecule has 13 heteroatoms. The van der Waals surface area contributed by atoms with Gasteiger partial charge < -0.3 is 0 Å². The van der Waals surface area contributed by atoms with Gasteiger partial charge >= 0.3 is 6.18 Å². The SMILES string of the molecule is C[C@H]1CC[C@@H](C(=O)CCc2cc(Cl)nc(-c3cnc(C(F)(F)F)nc3)c2)N1S(=O)(=O)c1ccc(F)cc1. The predicted octanol–water partition coefficient (Wildman–Crippen LogP) is 5.09. The number of rotatable bonds is 7. The van der Waals surface area contributed by atoms with E-state index in [1.54, 1.807) is 13.0 Å². The Morgan fingerprint density at radius 3 is 2.38 bits per heavy atom. The first-order valence-electron chi connectivity index (χ1n) is 11.2. The van der Waals surface area contributed by atoms with Crippen LogP contribution in [0.2, 0.25) is 5.15 Å². The maximum atomic E-state index is 13.3. The predicted molar refractivity (Wildman–Crippen MR) is 127 cm³/mol. The highest BCUT2D eigenvalue weighted by molar-refractivity contribution is 7.89. The number of carbonyl (C=O) groups excluding carboxylic acids is 1. The van der Waals surface area contributed by atoms with Gasteiger partial charge in [0.1, 0.15) is 11.0 Å². The summed E-state index contributed by atoms with van der Waals surface area (Å²) >= 11 is 6.10. The number of pyridine rings is 1. The number of alkyl halides is 3. The quantitative estimate of drug-likeness (QED) is 0.297. The lowest BCUT2D eigenvalue weighted by atomic mass is 10.0. The number of aryl methyl sites for hydroxylation is 1. The number of nitrogens with zero attached hydrogens (tertiary/aromatic N) is 4. The molecule has 1 aromatic carbocycles. The number of hydrogen-bond donors (Lipinski definition) is 0. The minimum Gasteiger partial charge on any atom is -0.298 e. The Balaban J connectivity index is 1.50. The van der Waals surface area contributed by atoms with Gasteiger partial charge in [-0.3, -0.25) is 4.79 Å². The summed E-state index contributed by atoms with van der Waals surface area (Å²) in [6.45, 7) is 1.72. The van der Waals surface area contributed by atoms with Gasteiger partial charge in [-0.2, -0.15) is 17.5 Å². The molecule has 4 rings (SSSR count). The maximum Gasteiger partial charge on any atom is 0.451 e. The maximum absolute atomic E-state index is 13.3. The van der Waals surface area contributed by atoms with Crippen molar-refractivity contribution >= 4 is 27.4 Å². The minimum absolute atomic E-state index is 0.00385. The first kappa shape index (κ1) is 27.1. The van der Waals surface area contributed by atoms with Gasteiger partial charge in [0.2, 0.25) is 15.8 Å². The van der Waals surface area contributed by atoms with Crippen LogP contribution in [-0.4, -0.2) is 45.5 Å². The summed E-state index contributed by atoms with van der Waals surface area (Å²) in [5, 5.41) is 0.0647. The van der Waals surface area contributed by atoms with Crippen molar-refractivity contribution in [1.82, 2.24) is 19.3 Å². The molecule has 2 atom stereocenters. The highest BCUT2D eigenvalue weighted by Crippen LogP contribution is 2.33. The topological polar surface area (TPSA) is 93.1 Å². The molecule has 0 radical (unpaired) electrons. The van der Waals surface area contributed by atoms with Gasteiger partial charge in [-0.1, -0.05) is 11.6 Å². The zero-order valence-electron chi connectivity index (χ0n) is 19.4. The highest BCUT2D eigenvalue weighted by Gasteiger charge is 2.43. The average molecular weight is 557 g/mol. The second-order valence-corrected chi connectivity index (χ2v) is 10.9. The molecule has 37 heavy (non-hydrogen) atoms. The van der Waals surface area contributed by atoms with Crippen molar-refractivity contribution < 1.29 is 30.8 Å². The Morgan fingerprint density at radius 2 is 1.76 bits per heavy atom. The van der Waals surface area contributed by atoms with E-state index in [2.05, 4.69) is 15.0 Å². The van der Waals surface area contributed by atoms with E-state index in [-0.39, 0.29) is 39.9 Å². The van der Waals surface area contributed by atoms with E-state index in [0.717, 1.165) is 24.5 Å². The Labute approximate surface area is 215 Å². The van der Waals surface area contributed by atoms with Crippen LogP contribution in [0.3, 0.4) is 0 Å². The molecule has 7 nitrogen and oxygen atoms in total. The smallest absolute Gasteiger partial charge is 0.298 e. The summed E-state index contributed by atoms with van der Waals surface area (Å²) in [6.07, 6.45) is -1.66. The normalized spacial score (nSPS) is 18.8. The summed E-state index contributed by atoms with van der Waals surface area (Å²) in [6, 6.07) is 6.25. The summed E-state index contributed by atoms with van der Waals surface area (Å²) < 4.78 is 79.2. The largest absolute Gasteiger partial charge is 0.451 e. The average Bonchev–Trinajstić information content (AvgIpc) is 3.24. The fraction of sp³-hybridized carbons (Fsp3) is 0.333. The van der Waals surface area contributed by atoms with E-state index in [1.807, 2.05) is 0 Å². The summed E-state index contributed by atoms with van der Waals surface area (Å²) in [7, 11) is -4.02. The van der Waals surface area contributed by atoms with E-state index in [1.165, 1.54) is 22.5 Å². The molecule has 0 bridgehead atoms. The van der Waals surface area contributed by atoms with E-state index in [9.17, 15) is 30.8 Å². The molecule has 0 unspecified atom stereocenters. The molecule has 2 aromatic heterocycles. The fourth-order valence-corrected chi connectivity index (χ4v) is 6.37. The van der Waals surface area contributed by atoms with Crippen LogP contribution in [-0.2, 0) is 27.4 Å². The van der Waals surface area contributed by atoms with Crippen molar-refractivity contribution in [3.05, 3.63) is 71.2 Å². The van der Waals surface area contributed by atoms with Gasteiger partial charge in [-0.15, -0.1) is 0 Å². The van der Waals surface area contributed by atoms with E-state index >= 15 is 0 Å². The second-order valence-electron chi connectivity index (χ2n) is 8.67. The third-order valence-corrected chi connectivity index (χ3v) is 8.31. The molecular weight excluding hydrogens is 536 g/mol. The summed E-state index contributed by atoms with van der Waals surface area (Å²) in [5.41, 5.74) is 1.03. The van der Waals surface area contributed by atoms with Crippen molar-refractivity contribution in [3.8, 4) is 11.3 Å². The van der Waals surface area contributed by atoms with Gasteiger partial charge in [0.15, 0.2) is 5.78 Å². The van der Waals surface area contributed by atoms with Gasteiger partial charge in [0, 0.05) is 30.4 Å². The van der Waals surface area contributed by atoms with Crippen LogP contribution in [0, 0.1) is 5.82 Å². The fourth-order valence-electron chi connectivity index (χ4n) is 4.28. The van der Waals surface area contributed by atoms with Gasteiger partial charge in [-0.25, -0.2) is 27.8 Å². The molecule has 0 amide bonds. The van der Waals surface area contributed by atoms with Crippen LogP contribution >= 0.6 is 11.6 Å². The zero-order chi connectivity index (χ0) is 27.0. The Bertz CT molecular complexity index is 1400. The summed E-state index contributed by atoms with van der Waals surface area (Å²) in [4.78, 5) is 23.8. The number of sulfonamides is 1. The molecular formula is C24H21ClF4N4O3S. The Hall–Kier alpha value is -2.96. The van der Waals surface area contributed by atoms with Crippen LogP contribution < -0.4 is 0 Å². The molecule has 1 aliphatic heterocycles. The van der Waals surface area contributed by atoms with Crippen LogP contribution in [0.1, 0.15) is 37.6 Å². The first-order valence-corrected chi connectivity index (χ1v) is 13.1. The lowest BCUT2D eigenvalue weighted by Crippen LogP contribution is -2.44. The third kappa shape index (κ3) is 5.97. The van der Waals surface area contributed by atoms with Crippen molar-refractivity contribution in [3.63, 3.8) is 0 Å². The van der Waals surface area contributed by atoms with Crippen molar-refractivity contribution in [1.29, 1.82) is 0 Å². The number of Topliss-reactive ketones (excluding diaryl/α,β-unsaturated/α-hetero) is 1. The third-order valence-electron chi connectivity index (χ3n) is 6.08. The number of carbonyl (C=O) groups is 1. The van der Waals surface area contributed by atoms with Crippen molar-refractivity contribution in [2.24, 2.45) is 0 Å². The van der Waals surface area contributed by atoms with E-state index in [0.29, 0.717) is 18.4 Å². The van der Waals surface area contributed by atoms with Crippen LogP contribution in [0.15, 0.2) is 53.7 Å². The molecule has 3 aromatic rings. The molecule has 0 saturated carbocycles. The van der Waals surface area contributed by atoms with Crippen LogP contribution in [0.5, 0.6) is 0 Å². The number of benzene rings is 1. The van der Waals surface area contributed by atoms with Crippen molar-refractivity contribution in [2.75, 3.05) is 0 Å². The molecule has 196 valence electrons. The molecule has 0 aliphatic carbocycles. The van der Waals surface area contributed by atoms with Gasteiger partial charge in [0.25, 0.3) is 0 Å². The lowest BCUT2D eigenvalue weighted by molar-refractivity contribution is -0.145.